The molecule has 33 heavy (non-hydrogen) atoms. The minimum Gasteiger partial charge on any atom is -0.593 e. The van der Waals surface area contributed by atoms with E-state index in [4.69, 9.17) is 9.47 Å². The average Bonchev–Trinajstić information content (AvgIpc) is 2.76. The fourth-order valence-electron chi connectivity index (χ4n) is 3.96. The third kappa shape index (κ3) is 5.67. The van der Waals surface area contributed by atoms with Crippen LogP contribution in [0.2, 0.25) is 0 Å². The van der Waals surface area contributed by atoms with Crippen molar-refractivity contribution in [1.82, 2.24) is 9.21 Å². The molecule has 0 spiro atoms. The molecule has 2 rings (SSSR count). The zero-order valence-corrected chi connectivity index (χ0v) is 21.1. The van der Waals surface area contributed by atoms with E-state index >= 15 is 0 Å². The van der Waals surface area contributed by atoms with Crippen molar-refractivity contribution in [3.05, 3.63) is 11.3 Å². The van der Waals surface area contributed by atoms with Crippen LogP contribution in [0, 0.1) is 0 Å². The maximum Gasteiger partial charge on any atom is 0.352 e. The molecule has 2 aliphatic heterocycles. The third-order valence-electron chi connectivity index (χ3n) is 5.51. The zero-order valence-electron chi connectivity index (χ0n) is 19.5. The van der Waals surface area contributed by atoms with Crippen molar-refractivity contribution in [1.29, 1.82) is 0 Å². The van der Waals surface area contributed by atoms with E-state index in [1.807, 2.05) is 0 Å². The molecular formula is C21H32N2O8S2. The summed E-state index contributed by atoms with van der Waals surface area (Å²) in [6.07, 6.45) is 5.84. The number of hydrogen-bond donors (Lipinski definition) is 1. The number of ether oxygens (including phenoxy) is 2. The molecular weight excluding hydrogens is 472 g/mol. The number of amides is 2. The van der Waals surface area contributed by atoms with E-state index in [0.717, 1.165) is 41.3 Å². The molecule has 1 fully saturated rings. The third-order valence-corrected chi connectivity index (χ3v) is 8.45. The lowest BCUT2D eigenvalue weighted by Gasteiger charge is -2.57. The smallest absolute Gasteiger partial charge is 0.352 e. The Kier molecular flexibility index (Phi) is 10.1. The van der Waals surface area contributed by atoms with Crippen molar-refractivity contribution in [2.24, 2.45) is 0 Å². The van der Waals surface area contributed by atoms with Crippen LogP contribution in [-0.2, 0) is 40.0 Å². The van der Waals surface area contributed by atoms with E-state index < -0.39 is 46.2 Å². The SMILES string of the molecule is CCCCCCCC[S+]([O-])N(C(C)=O)[C@]1(OC)C(=O)N2C(C(=O)O)=C(COC(C)=O)CS[C@@H]21. The summed E-state index contributed by atoms with van der Waals surface area (Å²) in [5.41, 5.74) is -1.90. The van der Waals surface area contributed by atoms with Crippen LogP contribution in [0.4, 0.5) is 0 Å². The summed E-state index contributed by atoms with van der Waals surface area (Å²) < 4.78 is 24.5. The molecule has 2 aliphatic rings. The van der Waals surface area contributed by atoms with Gasteiger partial charge in [0.05, 0.1) is 11.4 Å². The van der Waals surface area contributed by atoms with Gasteiger partial charge in [-0.3, -0.25) is 19.3 Å². The molecule has 1 N–H and O–H groups in total. The molecule has 186 valence electrons. The van der Waals surface area contributed by atoms with Crippen LogP contribution in [0.1, 0.15) is 59.3 Å². The lowest BCUT2D eigenvalue weighted by Crippen LogP contribution is -2.81. The molecule has 1 unspecified atom stereocenters. The minimum absolute atomic E-state index is 0.143. The van der Waals surface area contributed by atoms with E-state index in [9.17, 15) is 28.8 Å². The Morgan fingerprint density at radius 2 is 1.88 bits per heavy atom. The van der Waals surface area contributed by atoms with Gasteiger partial charge in [0.1, 0.15) is 23.4 Å². The van der Waals surface area contributed by atoms with Crippen molar-refractivity contribution < 1.29 is 38.3 Å². The first-order chi connectivity index (χ1) is 15.6. The van der Waals surface area contributed by atoms with Gasteiger partial charge in [-0.2, -0.15) is 0 Å². The van der Waals surface area contributed by atoms with E-state index in [-0.39, 0.29) is 29.4 Å². The Hall–Kier alpha value is -1.76. The van der Waals surface area contributed by atoms with Gasteiger partial charge < -0.3 is 19.1 Å². The summed E-state index contributed by atoms with van der Waals surface area (Å²) in [5.74, 6) is -2.98. The number of methoxy groups -OCH3 is 1. The number of unbranched alkanes of at least 4 members (excludes halogenated alkanes) is 5. The van der Waals surface area contributed by atoms with Gasteiger partial charge in [0, 0.05) is 32.3 Å². The summed E-state index contributed by atoms with van der Waals surface area (Å²) in [6.45, 7) is 4.27. The Bertz CT molecular complexity index is 805. The lowest BCUT2D eigenvalue weighted by atomic mass is 9.98. The summed E-state index contributed by atoms with van der Waals surface area (Å²) in [4.78, 5) is 50.0. The number of nitrogens with zero attached hydrogens (tertiary/aromatic N) is 2. The van der Waals surface area contributed by atoms with Gasteiger partial charge >= 0.3 is 11.9 Å². The number of rotatable bonds is 13. The highest BCUT2D eigenvalue weighted by molar-refractivity contribution is 8.00. The minimum atomic E-state index is -1.86. The topological polar surface area (TPSA) is 137 Å². The molecule has 1 saturated heterocycles. The van der Waals surface area contributed by atoms with Crippen LogP contribution in [0.25, 0.3) is 0 Å². The Morgan fingerprint density at radius 1 is 1.24 bits per heavy atom. The van der Waals surface area contributed by atoms with Gasteiger partial charge in [0.2, 0.25) is 0 Å². The van der Waals surface area contributed by atoms with E-state index in [1.54, 1.807) is 0 Å². The van der Waals surface area contributed by atoms with Gasteiger partial charge in [0.25, 0.3) is 17.5 Å². The second kappa shape index (κ2) is 12.1. The van der Waals surface area contributed by atoms with E-state index in [2.05, 4.69) is 6.92 Å². The van der Waals surface area contributed by atoms with Crippen LogP contribution in [0.5, 0.6) is 0 Å². The van der Waals surface area contributed by atoms with Gasteiger partial charge in [0.15, 0.2) is 0 Å². The average molecular weight is 505 g/mol. The Balaban J connectivity index is 2.24. The highest BCUT2D eigenvalue weighted by atomic mass is 32.2. The van der Waals surface area contributed by atoms with E-state index in [0.29, 0.717) is 6.42 Å². The summed E-state index contributed by atoms with van der Waals surface area (Å²) in [7, 11) is 1.24. The van der Waals surface area contributed by atoms with Crippen molar-refractivity contribution in [2.45, 2.75) is 70.4 Å². The number of carbonyl (C=O) groups excluding carboxylic acids is 3. The van der Waals surface area contributed by atoms with Crippen LogP contribution >= 0.6 is 11.8 Å². The second-order valence-corrected chi connectivity index (χ2v) is 10.4. The summed E-state index contributed by atoms with van der Waals surface area (Å²) in [6, 6.07) is 0. The fraction of sp³-hybridized carbons (Fsp3) is 0.714. The van der Waals surface area contributed by atoms with Crippen molar-refractivity contribution in [2.75, 3.05) is 25.2 Å². The Labute approximate surface area is 201 Å². The Morgan fingerprint density at radius 3 is 2.42 bits per heavy atom. The first kappa shape index (κ1) is 27.5. The van der Waals surface area contributed by atoms with Crippen molar-refractivity contribution in [3.8, 4) is 0 Å². The fourth-order valence-corrected chi connectivity index (χ4v) is 6.95. The number of fused-ring (bicyclic) bond motifs is 1. The van der Waals surface area contributed by atoms with Crippen LogP contribution in [0.3, 0.4) is 0 Å². The molecule has 0 aliphatic carbocycles. The molecule has 2 heterocycles. The second-order valence-electron chi connectivity index (χ2n) is 7.88. The van der Waals surface area contributed by atoms with Gasteiger partial charge in [-0.15, -0.1) is 16.1 Å². The number of β-lactam (4-membered cyclic amide) rings is 1. The van der Waals surface area contributed by atoms with Crippen molar-refractivity contribution >= 4 is 46.9 Å². The lowest BCUT2D eigenvalue weighted by molar-refractivity contribution is -0.208. The number of hydrogen-bond acceptors (Lipinski definition) is 8. The molecule has 0 aromatic rings. The number of esters is 1. The summed E-state index contributed by atoms with van der Waals surface area (Å²) in [5, 5.41) is 8.85. The first-order valence-corrected chi connectivity index (χ1v) is 13.2. The van der Waals surface area contributed by atoms with Crippen molar-refractivity contribution in [3.63, 3.8) is 0 Å². The predicted octanol–water partition coefficient (Wildman–Crippen LogP) is 2.02. The highest BCUT2D eigenvalue weighted by Crippen LogP contribution is 2.50. The maximum absolute atomic E-state index is 13.3. The van der Waals surface area contributed by atoms with Gasteiger partial charge in [-0.1, -0.05) is 32.6 Å². The van der Waals surface area contributed by atoms with Crippen LogP contribution in [0.15, 0.2) is 11.3 Å². The van der Waals surface area contributed by atoms with Crippen LogP contribution < -0.4 is 0 Å². The molecule has 3 atom stereocenters. The number of carboxylic acids is 1. The molecule has 0 aromatic carbocycles. The van der Waals surface area contributed by atoms with Gasteiger partial charge in [-0.05, 0) is 12.8 Å². The first-order valence-electron chi connectivity index (χ1n) is 10.9. The van der Waals surface area contributed by atoms with Gasteiger partial charge in [-0.25, -0.2) is 4.79 Å². The van der Waals surface area contributed by atoms with E-state index in [1.165, 1.54) is 32.7 Å². The number of thioether (sulfide) groups is 1. The quantitative estimate of drug-likeness (QED) is 0.131. The highest BCUT2D eigenvalue weighted by Gasteiger charge is 2.72. The molecule has 2 amide bonds. The standard InChI is InChI=1S/C21H32N2O8S2/c1-5-6-7-8-9-10-11-33(29)23(14(2)24)21(30-4)19(28)22-17(18(26)27)16(12-31-15(3)25)13-32-20(21)22/h20H,5-13H2,1-4H3,(H,26,27)/t20-,21+,33?/m1/s1. The molecule has 12 heteroatoms. The molecule has 0 bridgehead atoms. The normalized spacial score (nSPS) is 23.0. The monoisotopic (exact) mass is 504 g/mol. The maximum atomic E-state index is 13.3. The predicted molar refractivity (Wildman–Crippen MR) is 123 cm³/mol. The zero-order chi connectivity index (χ0) is 24.8. The number of carbonyl (C=O) groups is 4. The summed E-state index contributed by atoms with van der Waals surface area (Å²) >= 11 is -0.655. The number of carboxylic acid groups (broad SMARTS) is 1. The molecule has 0 saturated carbocycles. The molecule has 10 nitrogen and oxygen atoms in total. The number of aliphatic carboxylic acids is 1. The molecule has 0 radical (unpaired) electrons. The molecule has 0 aromatic heterocycles. The largest absolute Gasteiger partial charge is 0.593 e. The van der Waals surface area contributed by atoms with Crippen LogP contribution in [-0.4, -0.2) is 78.9 Å².